The van der Waals surface area contributed by atoms with Gasteiger partial charge in [-0.2, -0.15) is 4.39 Å². The SMILES string of the molecule is CCOC(=O)C=C(OC)C(C)Oc1ccc(Nc2c(F)c(F)c(C)c(F)c2[N+](=O)[O-])cc1. The van der Waals surface area contributed by atoms with Crippen LogP contribution < -0.4 is 10.1 Å². The fourth-order valence-corrected chi connectivity index (χ4v) is 2.71. The highest BCUT2D eigenvalue weighted by atomic mass is 19.2. The fraction of sp³-hybridized carbons (Fsp3) is 0.286. The summed E-state index contributed by atoms with van der Waals surface area (Å²) < 4.78 is 58.0. The molecule has 0 saturated heterocycles. The minimum atomic E-state index is -1.57. The highest BCUT2D eigenvalue weighted by molar-refractivity contribution is 5.82. The molecule has 0 aliphatic heterocycles. The molecule has 2 rings (SSSR count). The van der Waals surface area contributed by atoms with E-state index in [2.05, 4.69) is 5.32 Å². The molecular weight excluding hydrogens is 433 g/mol. The second kappa shape index (κ2) is 10.5. The Morgan fingerprint density at radius 1 is 1.19 bits per heavy atom. The van der Waals surface area contributed by atoms with Crippen molar-refractivity contribution < 1.29 is 37.1 Å². The van der Waals surface area contributed by atoms with Gasteiger partial charge >= 0.3 is 11.7 Å². The number of halogens is 3. The van der Waals surface area contributed by atoms with Crippen molar-refractivity contribution in [3.05, 3.63) is 69.2 Å². The Bertz CT molecular complexity index is 1040. The van der Waals surface area contributed by atoms with Crippen LogP contribution in [-0.2, 0) is 14.3 Å². The highest BCUT2D eigenvalue weighted by Gasteiger charge is 2.31. The Labute approximate surface area is 181 Å². The normalized spacial score (nSPS) is 12.2. The molecule has 11 heteroatoms. The van der Waals surface area contributed by atoms with E-state index >= 15 is 0 Å². The van der Waals surface area contributed by atoms with Crippen LogP contribution in [0.4, 0.5) is 30.2 Å². The lowest BCUT2D eigenvalue weighted by atomic mass is 10.1. The van der Waals surface area contributed by atoms with Crippen molar-refractivity contribution >= 4 is 23.0 Å². The van der Waals surface area contributed by atoms with E-state index in [1.807, 2.05) is 0 Å². The van der Waals surface area contributed by atoms with E-state index in [9.17, 15) is 28.1 Å². The van der Waals surface area contributed by atoms with Gasteiger partial charge in [0.25, 0.3) is 0 Å². The van der Waals surface area contributed by atoms with Crippen molar-refractivity contribution in [2.75, 3.05) is 19.0 Å². The van der Waals surface area contributed by atoms with Gasteiger partial charge in [0.2, 0.25) is 5.82 Å². The minimum absolute atomic E-state index is 0.115. The van der Waals surface area contributed by atoms with E-state index in [4.69, 9.17) is 14.2 Å². The average molecular weight is 454 g/mol. The number of rotatable bonds is 9. The summed E-state index contributed by atoms with van der Waals surface area (Å²) in [4.78, 5) is 21.7. The molecule has 1 N–H and O–H groups in total. The van der Waals surface area contributed by atoms with Crippen LogP contribution in [-0.4, -0.2) is 30.7 Å². The average Bonchev–Trinajstić information content (AvgIpc) is 2.75. The predicted molar refractivity (Wildman–Crippen MR) is 109 cm³/mol. The number of nitrogens with zero attached hydrogens (tertiary/aromatic N) is 1. The largest absolute Gasteiger partial charge is 0.497 e. The zero-order valence-electron chi connectivity index (χ0n) is 17.7. The van der Waals surface area contributed by atoms with Crippen molar-refractivity contribution in [1.82, 2.24) is 0 Å². The Morgan fingerprint density at radius 3 is 2.34 bits per heavy atom. The Morgan fingerprint density at radius 2 is 1.81 bits per heavy atom. The van der Waals surface area contributed by atoms with Crippen molar-refractivity contribution in [2.45, 2.75) is 26.9 Å². The van der Waals surface area contributed by atoms with Crippen molar-refractivity contribution in [2.24, 2.45) is 0 Å². The quantitative estimate of drug-likeness (QED) is 0.143. The zero-order valence-corrected chi connectivity index (χ0v) is 17.7. The molecule has 8 nitrogen and oxygen atoms in total. The van der Waals surface area contributed by atoms with Gasteiger partial charge in [-0.1, -0.05) is 0 Å². The number of nitro benzene ring substituents is 1. The summed E-state index contributed by atoms with van der Waals surface area (Å²) in [6.07, 6.45) is 0.467. The van der Waals surface area contributed by atoms with Gasteiger partial charge in [0.05, 0.1) is 24.7 Å². The van der Waals surface area contributed by atoms with Gasteiger partial charge in [0, 0.05) is 11.3 Å². The molecule has 2 aromatic carbocycles. The topological polar surface area (TPSA) is 99.9 Å². The summed E-state index contributed by atoms with van der Waals surface area (Å²) in [6, 6.07) is 5.59. The Kier molecular flexibility index (Phi) is 8.05. The molecule has 172 valence electrons. The number of nitrogens with one attached hydrogen (secondary N) is 1. The molecule has 0 saturated carbocycles. The molecule has 0 bridgehead atoms. The van der Waals surface area contributed by atoms with E-state index < -0.39 is 51.4 Å². The summed E-state index contributed by atoms with van der Waals surface area (Å²) in [5, 5.41) is 13.5. The number of hydrogen-bond donors (Lipinski definition) is 1. The van der Waals surface area contributed by atoms with Crippen LogP contribution in [0.1, 0.15) is 19.4 Å². The van der Waals surface area contributed by atoms with Crippen molar-refractivity contribution in [3.63, 3.8) is 0 Å². The lowest BCUT2D eigenvalue weighted by Crippen LogP contribution is -2.18. The third-order valence-electron chi connectivity index (χ3n) is 4.32. The van der Waals surface area contributed by atoms with Gasteiger partial charge < -0.3 is 19.5 Å². The number of carbonyl (C=O) groups excluding carboxylic acids is 1. The molecule has 2 aromatic rings. The number of methoxy groups -OCH3 is 1. The van der Waals surface area contributed by atoms with Gasteiger partial charge in [-0.05, 0) is 45.0 Å². The number of esters is 1. The standard InChI is InChI=1S/C21H21F3N2O6/c1-5-31-16(27)10-15(30-4)12(3)32-14-8-6-13(7-9-14)25-20-19(24)17(22)11(2)18(23)21(20)26(28)29/h6-10,12,25H,5H2,1-4H3. The Balaban J connectivity index is 2.24. The molecule has 1 atom stereocenters. The molecule has 0 heterocycles. The zero-order chi connectivity index (χ0) is 24.0. The lowest BCUT2D eigenvalue weighted by Gasteiger charge is -2.17. The summed E-state index contributed by atoms with van der Waals surface area (Å²) in [5.41, 5.74) is -2.81. The van der Waals surface area contributed by atoms with Gasteiger partial charge in [-0.3, -0.25) is 10.1 Å². The first-order valence-electron chi connectivity index (χ1n) is 9.38. The number of anilines is 2. The molecule has 1 unspecified atom stereocenters. The first-order chi connectivity index (χ1) is 15.1. The maximum absolute atomic E-state index is 14.3. The van der Waals surface area contributed by atoms with Crippen LogP contribution >= 0.6 is 0 Å². The second-order valence-electron chi connectivity index (χ2n) is 6.46. The van der Waals surface area contributed by atoms with Crippen LogP contribution in [0.2, 0.25) is 0 Å². The molecular formula is C21H21F3N2O6. The van der Waals surface area contributed by atoms with Gasteiger partial charge in [-0.15, -0.1) is 0 Å². The van der Waals surface area contributed by atoms with Crippen LogP contribution in [0.3, 0.4) is 0 Å². The first kappa shape index (κ1) is 24.5. The van der Waals surface area contributed by atoms with Gasteiger partial charge in [-0.25, -0.2) is 13.6 Å². The predicted octanol–water partition coefficient (Wildman–Crippen LogP) is 4.92. The number of carbonyl (C=O) groups is 1. The van der Waals surface area contributed by atoms with Crippen LogP contribution in [0.25, 0.3) is 0 Å². The van der Waals surface area contributed by atoms with E-state index in [0.717, 1.165) is 13.0 Å². The van der Waals surface area contributed by atoms with E-state index in [1.54, 1.807) is 13.8 Å². The molecule has 0 spiro atoms. The number of benzene rings is 2. The van der Waals surface area contributed by atoms with E-state index in [1.165, 1.54) is 31.4 Å². The summed E-state index contributed by atoms with van der Waals surface area (Å²) in [6.45, 7) is 4.39. The summed E-state index contributed by atoms with van der Waals surface area (Å²) in [7, 11) is 1.36. The highest BCUT2D eigenvalue weighted by Crippen LogP contribution is 2.37. The minimum Gasteiger partial charge on any atom is -0.497 e. The van der Waals surface area contributed by atoms with Crippen molar-refractivity contribution in [1.29, 1.82) is 0 Å². The van der Waals surface area contributed by atoms with E-state index in [0.29, 0.717) is 5.75 Å². The van der Waals surface area contributed by atoms with Crippen LogP contribution in [0.15, 0.2) is 36.1 Å². The molecule has 0 aliphatic rings. The number of ether oxygens (including phenoxy) is 3. The van der Waals surface area contributed by atoms with Crippen LogP contribution in [0, 0.1) is 34.5 Å². The van der Waals surface area contributed by atoms with Crippen molar-refractivity contribution in [3.8, 4) is 5.75 Å². The van der Waals surface area contributed by atoms with E-state index in [-0.39, 0.29) is 18.1 Å². The number of nitro groups is 1. The fourth-order valence-electron chi connectivity index (χ4n) is 2.71. The van der Waals surface area contributed by atoms with Gasteiger partial charge in [0.1, 0.15) is 11.5 Å². The maximum Gasteiger partial charge on any atom is 0.334 e. The smallest absolute Gasteiger partial charge is 0.334 e. The molecule has 0 aliphatic carbocycles. The molecule has 32 heavy (non-hydrogen) atoms. The first-order valence-corrected chi connectivity index (χ1v) is 9.38. The molecule has 0 aromatic heterocycles. The second-order valence-corrected chi connectivity index (χ2v) is 6.46. The van der Waals surface area contributed by atoms with Crippen LogP contribution in [0.5, 0.6) is 5.75 Å². The molecule has 0 radical (unpaired) electrons. The Hall–Kier alpha value is -3.76. The maximum atomic E-state index is 14.3. The number of hydrogen-bond acceptors (Lipinski definition) is 7. The summed E-state index contributed by atoms with van der Waals surface area (Å²) in [5.74, 6) is -4.64. The summed E-state index contributed by atoms with van der Waals surface area (Å²) >= 11 is 0. The molecule has 0 amide bonds. The third-order valence-corrected chi connectivity index (χ3v) is 4.32. The van der Waals surface area contributed by atoms with Gasteiger partial charge in [0.15, 0.2) is 23.4 Å². The lowest BCUT2D eigenvalue weighted by molar-refractivity contribution is -0.386. The third kappa shape index (κ3) is 5.48. The molecule has 0 fully saturated rings. The monoisotopic (exact) mass is 454 g/mol.